The van der Waals surface area contributed by atoms with Crippen LogP contribution in [-0.4, -0.2) is 62.6 Å². The number of benzene rings is 2. The number of carbonyl (C=O) groups excluding carboxylic acids is 1. The van der Waals surface area contributed by atoms with E-state index < -0.39 is 0 Å². The Morgan fingerprint density at radius 1 is 1.02 bits per heavy atom. The highest BCUT2D eigenvalue weighted by Gasteiger charge is 2.27. The Morgan fingerprint density at radius 2 is 1.75 bits per heavy atom. The molecule has 0 spiro atoms. The van der Waals surface area contributed by atoms with E-state index in [0.29, 0.717) is 17.6 Å². The van der Waals surface area contributed by atoms with Crippen LogP contribution in [0.25, 0.3) is 22.4 Å². The Balaban J connectivity index is 1.42. The van der Waals surface area contributed by atoms with Gasteiger partial charge in [0.15, 0.2) is 0 Å². The van der Waals surface area contributed by atoms with Gasteiger partial charge in [0.2, 0.25) is 0 Å². The van der Waals surface area contributed by atoms with Gasteiger partial charge in [-0.3, -0.25) is 19.1 Å². The highest BCUT2D eigenvalue weighted by Crippen LogP contribution is 2.31. The first-order valence-corrected chi connectivity index (χ1v) is 14.2. The molecule has 8 nitrogen and oxygen atoms in total. The smallest absolute Gasteiger partial charge is 0.252 e. The van der Waals surface area contributed by atoms with Gasteiger partial charge in [-0.25, -0.2) is 0 Å². The number of nitrogens with one attached hydrogen (secondary N) is 1. The molecule has 0 saturated carbocycles. The molecule has 3 heterocycles. The molecule has 210 valence electrons. The number of aryl methyl sites for hydroxylation is 3. The minimum atomic E-state index is -0.206. The van der Waals surface area contributed by atoms with Crippen molar-refractivity contribution in [2.24, 2.45) is 7.05 Å². The Labute approximate surface area is 237 Å². The normalized spacial score (nSPS) is 18.6. The largest absolute Gasteiger partial charge is 0.368 e. The molecular formula is C32H41N7O. The van der Waals surface area contributed by atoms with E-state index >= 15 is 0 Å². The number of hydrogen-bond donors (Lipinski definition) is 1. The van der Waals surface area contributed by atoms with E-state index in [-0.39, 0.29) is 11.9 Å². The zero-order valence-electron chi connectivity index (χ0n) is 24.7. The number of hydrogen-bond acceptors (Lipinski definition) is 5. The number of aromatic nitrogens is 4. The summed E-state index contributed by atoms with van der Waals surface area (Å²) in [5.74, 6) is -0.0642. The summed E-state index contributed by atoms with van der Waals surface area (Å²) < 4.78 is 3.73. The predicted molar refractivity (Wildman–Crippen MR) is 161 cm³/mol. The first kappa shape index (κ1) is 27.6. The summed E-state index contributed by atoms with van der Waals surface area (Å²) in [6.07, 6.45) is 5.87. The fraction of sp³-hybridized carbons (Fsp3) is 0.406. The van der Waals surface area contributed by atoms with Crippen molar-refractivity contribution in [1.29, 1.82) is 0 Å². The molecule has 0 aliphatic carbocycles. The van der Waals surface area contributed by atoms with Crippen molar-refractivity contribution >= 4 is 11.6 Å². The molecule has 1 fully saturated rings. The molecule has 8 heteroatoms. The van der Waals surface area contributed by atoms with Crippen molar-refractivity contribution in [1.82, 2.24) is 29.8 Å². The van der Waals surface area contributed by atoms with Gasteiger partial charge in [0.25, 0.3) is 5.91 Å². The van der Waals surface area contributed by atoms with Crippen LogP contribution in [0, 0.1) is 6.92 Å². The monoisotopic (exact) mass is 539 g/mol. The summed E-state index contributed by atoms with van der Waals surface area (Å²) in [7, 11) is 4.10. The fourth-order valence-corrected chi connectivity index (χ4v) is 5.50. The maximum absolute atomic E-state index is 13.7. The lowest BCUT2D eigenvalue weighted by Crippen LogP contribution is -2.55. The van der Waals surface area contributed by atoms with Gasteiger partial charge in [0, 0.05) is 73.5 Å². The third-order valence-electron chi connectivity index (χ3n) is 8.29. The lowest BCUT2D eigenvalue weighted by atomic mass is 9.96. The number of anilines is 1. The van der Waals surface area contributed by atoms with Crippen molar-refractivity contribution in [3.8, 4) is 22.4 Å². The molecule has 1 aliphatic heterocycles. The number of rotatable bonds is 7. The van der Waals surface area contributed by atoms with E-state index in [4.69, 9.17) is 5.10 Å². The number of likely N-dealkylation sites (N-methyl/N-ethyl adjacent to an activating group) is 1. The molecule has 0 bridgehead atoms. The highest BCUT2D eigenvalue weighted by atomic mass is 16.1. The van der Waals surface area contributed by atoms with Crippen LogP contribution in [0.3, 0.4) is 0 Å². The quantitative estimate of drug-likeness (QED) is 0.345. The Morgan fingerprint density at radius 3 is 2.40 bits per heavy atom. The van der Waals surface area contributed by atoms with Gasteiger partial charge < -0.3 is 10.2 Å². The second kappa shape index (κ2) is 11.3. The lowest BCUT2D eigenvalue weighted by Gasteiger charge is -2.43. The van der Waals surface area contributed by atoms with E-state index in [1.165, 1.54) is 0 Å². The van der Waals surface area contributed by atoms with Crippen molar-refractivity contribution in [3.63, 3.8) is 0 Å². The second-order valence-corrected chi connectivity index (χ2v) is 11.3. The molecule has 3 atom stereocenters. The molecule has 2 aromatic heterocycles. The van der Waals surface area contributed by atoms with Crippen LogP contribution in [0.4, 0.5) is 5.69 Å². The van der Waals surface area contributed by atoms with E-state index in [2.05, 4.69) is 84.4 Å². The number of nitrogens with zero attached hydrogens (tertiary/aromatic N) is 6. The highest BCUT2D eigenvalue weighted by molar-refractivity contribution is 5.97. The van der Waals surface area contributed by atoms with Crippen LogP contribution in [-0.2, 0) is 13.6 Å². The van der Waals surface area contributed by atoms with E-state index in [0.717, 1.165) is 58.8 Å². The van der Waals surface area contributed by atoms with Crippen molar-refractivity contribution < 1.29 is 4.79 Å². The van der Waals surface area contributed by atoms with Gasteiger partial charge in [0.1, 0.15) is 0 Å². The van der Waals surface area contributed by atoms with Crippen LogP contribution in [0.1, 0.15) is 55.2 Å². The average molecular weight is 540 g/mol. The van der Waals surface area contributed by atoms with Gasteiger partial charge >= 0.3 is 0 Å². The molecular weight excluding hydrogens is 498 g/mol. The maximum atomic E-state index is 13.7. The number of amides is 1. The zero-order valence-corrected chi connectivity index (χ0v) is 24.7. The van der Waals surface area contributed by atoms with Gasteiger partial charge in [-0.05, 0) is 94.8 Å². The number of piperazine rings is 1. The summed E-state index contributed by atoms with van der Waals surface area (Å²) in [5, 5.41) is 12.4. The van der Waals surface area contributed by atoms with Crippen molar-refractivity contribution in [2.45, 2.75) is 59.3 Å². The topological polar surface area (TPSA) is 71.2 Å². The summed E-state index contributed by atoms with van der Waals surface area (Å²) in [4.78, 5) is 18.5. The minimum Gasteiger partial charge on any atom is -0.368 e. The Hall–Kier alpha value is -3.91. The Bertz CT molecular complexity index is 1490. The van der Waals surface area contributed by atoms with Gasteiger partial charge in [0.05, 0.1) is 17.9 Å². The van der Waals surface area contributed by atoms with Gasteiger partial charge in [-0.15, -0.1) is 0 Å². The van der Waals surface area contributed by atoms with Crippen LogP contribution < -0.4 is 10.2 Å². The van der Waals surface area contributed by atoms with Crippen LogP contribution >= 0.6 is 0 Å². The summed E-state index contributed by atoms with van der Waals surface area (Å²) >= 11 is 0. The first-order chi connectivity index (χ1) is 19.1. The Kier molecular flexibility index (Phi) is 7.81. The van der Waals surface area contributed by atoms with E-state index in [1.54, 1.807) is 4.68 Å². The second-order valence-electron chi connectivity index (χ2n) is 11.3. The molecule has 1 aliphatic rings. The molecule has 0 unspecified atom stereocenters. The molecule has 2 aromatic carbocycles. The molecule has 5 rings (SSSR count). The molecule has 4 aromatic rings. The average Bonchev–Trinajstić information content (AvgIpc) is 3.60. The molecule has 1 saturated heterocycles. The maximum Gasteiger partial charge on any atom is 0.252 e. The molecule has 1 N–H and O–H groups in total. The minimum absolute atomic E-state index is 0.0642. The summed E-state index contributed by atoms with van der Waals surface area (Å²) in [6.45, 7) is 13.3. The first-order valence-electron chi connectivity index (χ1n) is 14.2. The zero-order chi connectivity index (χ0) is 28.6. The number of carbonyl (C=O) groups is 1. The SMILES string of the molecule is CCn1ccc(-c2cc(-c3cnn(C)c3)cc([C@@H](C)NC(=O)c3cc(N4C[C@H](C)N(C)[C@@H](C)C4)ccc3C)c2)n1. The standard InChI is InChI=1S/C32H41N7O/c1-8-39-12-11-31(35-39)27-14-25(13-26(15-27)28-17-33-36(6)20-28)24(5)34-32(40)30-16-29(10-9-21(30)2)38-18-22(3)37(7)23(4)19-38/h9-17,20,22-24H,8,18-19H2,1-7H3,(H,34,40)/t22-,23-,24+/m0/s1. The van der Waals surface area contributed by atoms with Crippen LogP contribution in [0.5, 0.6) is 0 Å². The third-order valence-corrected chi connectivity index (χ3v) is 8.29. The summed E-state index contributed by atoms with van der Waals surface area (Å²) in [6, 6.07) is 15.4. The van der Waals surface area contributed by atoms with Crippen molar-refractivity contribution in [3.05, 3.63) is 77.7 Å². The van der Waals surface area contributed by atoms with E-state index in [9.17, 15) is 4.79 Å². The van der Waals surface area contributed by atoms with Crippen LogP contribution in [0.2, 0.25) is 0 Å². The molecule has 40 heavy (non-hydrogen) atoms. The van der Waals surface area contributed by atoms with Gasteiger partial charge in [-0.2, -0.15) is 10.2 Å². The molecule has 1 amide bonds. The molecule has 0 radical (unpaired) electrons. The van der Waals surface area contributed by atoms with Crippen molar-refractivity contribution in [2.75, 3.05) is 25.0 Å². The summed E-state index contributed by atoms with van der Waals surface area (Å²) in [5.41, 5.74) is 7.80. The fourth-order valence-electron chi connectivity index (χ4n) is 5.50. The lowest BCUT2D eigenvalue weighted by molar-refractivity contribution is 0.0939. The third kappa shape index (κ3) is 5.68. The van der Waals surface area contributed by atoms with Gasteiger partial charge in [-0.1, -0.05) is 6.07 Å². The van der Waals surface area contributed by atoms with E-state index in [1.807, 2.05) is 50.2 Å². The predicted octanol–water partition coefficient (Wildman–Crippen LogP) is 5.30. The van der Waals surface area contributed by atoms with Crippen LogP contribution in [0.15, 0.2) is 61.1 Å².